The van der Waals surface area contributed by atoms with Crippen LogP contribution in [-0.2, 0) is 4.79 Å². The van der Waals surface area contributed by atoms with Crippen LogP contribution in [0.15, 0.2) is 0 Å². The number of carboxylic acids is 1. The fourth-order valence-corrected chi connectivity index (χ4v) is 3.45. The van der Waals surface area contributed by atoms with Gasteiger partial charge in [-0.05, 0) is 30.6 Å². The topological polar surface area (TPSA) is 57.5 Å². The van der Waals surface area contributed by atoms with Gasteiger partial charge in [0.1, 0.15) is 0 Å². The first-order valence-corrected chi connectivity index (χ1v) is 4.84. The van der Waals surface area contributed by atoms with Crippen LogP contribution < -0.4 is 0 Å². The summed E-state index contributed by atoms with van der Waals surface area (Å²) >= 11 is 0. The fraction of sp³-hybridized carbons (Fsp3) is 0.900. The Morgan fingerprint density at radius 2 is 2.08 bits per heavy atom. The van der Waals surface area contributed by atoms with E-state index in [-0.39, 0.29) is 5.41 Å². The number of hydrogen-bond donors (Lipinski definition) is 2. The number of aliphatic hydroxyl groups excluding tert-OH is 1. The molecule has 2 aliphatic carbocycles. The molecular weight excluding hydrogens is 168 g/mol. The van der Waals surface area contributed by atoms with E-state index in [9.17, 15) is 15.0 Å². The number of fused-ring (bicyclic) bond motifs is 2. The molecule has 2 bridgehead atoms. The molecule has 2 saturated carbocycles. The molecule has 2 N–H and O–H groups in total. The van der Waals surface area contributed by atoms with Crippen LogP contribution in [0.1, 0.15) is 33.1 Å². The lowest BCUT2D eigenvalue weighted by atomic mass is 9.68. The van der Waals surface area contributed by atoms with Crippen molar-refractivity contribution in [2.75, 3.05) is 0 Å². The monoisotopic (exact) mass is 184 g/mol. The maximum absolute atomic E-state index is 11.2. The number of hydrogen-bond acceptors (Lipinski definition) is 2. The maximum atomic E-state index is 11.2. The predicted molar refractivity (Wildman–Crippen MR) is 47.2 cm³/mol. The first-order valence-electron chi connectivity index (χ1n) is 4.84. The van der Waals surface area contributed by atoms with Crippen LogP contribution in [0.25, 0.3) is 0 Å². The Morgan fingerprint density at radius 1 is 1.46 bits per heavy atom. The second-order valence-electron chi connectivity index (χ2n) is 4.99. The summed E-state index contributed by atoms with van der Waals surface area (Å²) in [5, 5.41) is 19.0. The molecule has 0 aromatic carbocycles. The number of carbonyl (C=O) groups is 1. The van der Waals surface area contributed by atoms with Crippen molar-refractivity contribution in [2.45, 2.75) is 39.2 Å². The summed E-state index contributed by atoms with van der Waals surface area (Å²) in [5.41, 5.74) is -1.10. The molecule has 2 fully saturated rings. The van der Waals surface area contributed by atoms with Crippen LogP contribution in [0.5, 0.6) is 0 Å². The van der Waals surface area contributed by atoms with Crippen molar-refractivity contribution in [2.24, 2.45) is 16.7 Å². The number of aliphatic hydroxyl groups is 1. The normalized spacial score (nSPS) is 46.7. The lowest BCUT2D eigenvalue weighted by Gasteiger charge is -2.35. The molecule has 3 heteroatoms. The van der Waals surface area contributed by atoms with Crippen molar-refractivity contribution in [3.63, 3.8) is 0 Å². The Morgan fingerprint density at radius 3 is 2.31 bits per heavy atom. The molecule has 0 radical (unpaired) electrons. The van der Waals surface area contributed by atoms with Crippen LogP contribution in [-0.4, -0.2) is 22.3 Å². The van der Waals surface area contributed by atoms with Gasteiger partial charge in [0.05, 0.1) is 11.5 Å². The Hall–Kier alpha value is -0.570. The minimum Gasteiger partial charge on any atom is -0.481 e. The van der Waals surface area contributed by atoms with Crippen LogP contribution in [0.3, 0.4) is 0 Å². The average molecular weight is 184 g/mol. The van der Waals surface area contributed by atoms with Crippen molar-refractivity contribution >= 4 is 5.97 Å². The quantitative estimate of drug-likeness (QED) is 0.645. The van der Waals surface area contributed by atoms with Gasteiger partial charge in [-0.25, -0.2) is 0 Å². The second kappa shape index (κ2) is 2.27. The zero-order chi connectivity index (χ0) is 9.85. The van der Waals surface area contributed by atoms with Crippen LogP contribution in [0.2, 0.25) is 0 Å². The van der Waals surface area contributed by atoms with Crippen LogP contribution in [0, 0.1) is 16.7 Å². The maximum Gasteiger partial charge on any atom is 0.312 e. The molecule has 0 aliphatic heterocycles. The number of carboxylic acid groups (broad SMARTS) is 1. The SMILES string of the molecule is CC1(C)[C@@H]2CC[C@]1(C(=O)O)[C@H](O)C2. The molecule has 3 atom stereocenters. The molecule has 0 heterocycles. The van der Waals surface area contributed by atoms with Gasteiger partial charge >= 0.3 is 5.97 Å². The summed E-state index contributed by atoms with van der Waals surface area (Å²) < 4.78 is 0. The molecule has 0 saturated heterocycles. The Kier molecular flexibility index (Phi) is 1.57. The van der Waals surface area contributed by atoms with E-state index in [4.69, 9.17) is 0 Å². The second-order valence-corrected chi connectivity index (χ2v) is 4.99. The van der Waals surface area contributed by atoms with Gasteiger partial charge in [-0.1, -0.05) is 13.8 Å². The highest BCUT2D eigenvalue weighted by Crippen LogP contribution is 2.65. The third kappa shape index (κ3) is 0.766. The molecule has 0 aromatic heterocycles. The molecular formula is C10H16O3. The van der Waals surface area contributed by atoms with Gasteiger partial charge in [-0.15, -0.1) is 0 Å². The minimum atomic E-state index is -0.863. The van der Waals surface area contributed by atoms with Gasteiger partial charge in [0, 0.05) is 0 Å². The zero-order valence-corrected chi connectivity index (χ0v) is 8.08. The molecule has 0 aromatic rings. The summed E-state index contributed by atoms with van der Waals surface area (Å²) in [6.07, 6.45) is 1.62. The predicted octanol–water partition coefficient (Wildman–Crippen LogP) is 1.26. The van der Waals surface area contributed by atoms with Crippen LogP contribution in [0.4, 0.5) is 0 Å². The Bertz CT molecular complexity index is 259. The van der Waals surface area contributed by atoms with E-state index >= 15 is 0 Å². The highest BCUT2D eigenvalue weighted by Gasteiger charge is 2.68. The standard InChI is InChI=1S/C10H16O3/c1-9(2)6-3-4-10(9,8(12)13)7(11)5-6/h6-7,11H,3-5H2,1-2H3,(H,12,13)/t6-,7-,10-/m1/s1. The van der Waals surface area contributed by atoms with Gasteiger partial charge in [0.25, 0.3) is 0 Å². The number of rotatable bonds is 1. The molecule has 0 spiro atoms. The van der Waals surface area contributed by atoms with E-state index in [0.717, 1.165) is 6.42 Å². The first-order chi connectivity index (χ1) is 5.93. The van der Waals surface area contributed by atoms with Crippen molar-refractivity contribution in [3.8, 4) is 0 Å². The van der Waals surface area contributed by atoms with Gasteiger partial charge in [0.2, 0.25) is 0 Å². The van der Waals surface area contributed by atoms with E-state index in [1.54, 1.807) is 0 Å². The third-order valence-corrected chi connectivity index (χ3v) is 4.52. The molecule has 74 valence electrons. The molecule has 0 unspecified atom stereocenters. The highest BCUT2D eigenvalue weighted by molar-refractivity contribution is 5.78. The van der Waals surface area contributed by atoms with E-state index in [1.165, 1.54) is 0 Å². The van der Waals surface area contributed by atoms with Crippen molar-refractivity contribution in [1.29, 1.82) is 0 Å². The Labute approximate surface area is 77.8 Å². The van der Waals surface area contributed by atoms with Crippen molar-refractivity contribution in [1.82, 2.24) is 0 Å². The molecule has 3 nitrogen and oxygen atoms in total. The average Bonchev–Trinajstić information content (AvgIpc) is 2.35. The third-order valence-electron chi connectivity index (χ3n) is 4.52. The lowest BCUT2D eigenvalue weighted by molar-refractivity contribution is -0.161. The molecule has 13 heavy (non-hydrogen) atoms. The van der Waals surface area contributed by atoms with Gasteiger partial charge in [-0.3, -0.25) is 4.79 Å². The summed E-state index contributed by atoms with van der Waals surface area (Å²) in [4.78, 5) is 11.2. The van der Waals surface area contributed by atoms with Crippen molar-refractivity contribution in [3.05, 3.63) is 0 Å². The molecule has 0 amide bonds. The van der Waals surface area contributed by atoms with E-state index in [2.05, 4.69) is 0 Å². The molecule has 2 rings (SSSR count). The summed E-state index contributed by atoms with van der Waals surface area (Å²) in [5.74, 6) is -0.427. The van der Waals surface area contributed by atoms with Crippen molar-refractivity contribution < 1.29 is 15.0 Å². The first kappa shape index (κ1) is 9.00. The largest absolute Gasteiger partial charge is 0.481 e. The Balaban J connectivity index is 2.49. The van der Waals surface area contributed by atoms with Crippen LogP contribution >= 0.6 is 0 Å². The van der Waals surface area contributed by atoms with Gasteiger partial charge < -0.3 is 10.2 Å². The summed E-state index contributed by atoms with van der Waals surface area (Å²) in [6, 6.07) is 0. The lowest BCUT2D eigenvalue weighted by Crippen LogP contribution is -2.45. The molecule has 2 aliphatic rings. The number of aliphatic carboxylic acids is 1. The highest BCUT2D eigenvalue weighted by atomic mass is 16.4. The smallest absolute Gasteiger partial charge is 0.312 e. The summed E-state index contributed by atoms with van der Waals surface area (Å²) in [7, 11) is 0. The van der Waals surface area contributed by atoms with E-state index in [0.29, 0.717) is 18.8 Å². The van der Waals surface area contributed by atoms with Gasteiger partial charge in [-0.2, -0.15) is 0 Å². The summed E-state index contributed by atoms with van der Waals surface area (Å²) in [6.45, 7) is 3.96. The fourth-order valence-electron chi connectivity index (χ4n) is 3.45. The van der Waals surface area contributed by atoms with Gasteiger partial charge in [0.15, 0.2) is 0 Å². The zero-order valence-electron chi connectivity index (χ0n) is 8.08. The van der Waals surface area contributed by atoms with E-state index < -0.39 is 17.5 Å². The minimum absolute atomic E-state index is 0.238. The van der Waals surface area contributed by atoms with E-state index in [1.807, 2.05) is 13.8 Å².